The first kappa shape index (κ1) is 20.4. The maximum Gasteiger partial charge on any atom is 0.416 e. The van der Waals surface area contributed by atoms with E-state index in [0.717, 1.165) is 23.4 Å². The van der Waals surface area contributed by atoms with E-state index in [2.05, 4.69) is 15.6 Å². The van der Waals surface area contributed by atoms with Crippen LogP contribution >= 0.6 is 0 Å². The van der Waals surface area contributed by atoms with Crippen LogP contribution in [0.4, 0.5) is 18.9 Å². The smallest absolute Gasteiger partial charge is 0.416 e. The molecule has 0 aliphatic carbocycles. The first-order valence-electron chi connectivity index (χ1n) is 8.23. The van der Waals surface area contributed by atoms with Crippen molar-refractivity contribution in [2.45, 2.75) is 12.6 Å². The van der Waals surface area contributed by atoms with Gasteiger partial charge in [0, 0.05) is 25.3 Å². The van der Waals surface area contributed by atoms with Crippen molar-refractivity contribution < 1.29 is 22.6 Å². The highest BCUT2D eigenvalue weighted by molar-refractivity contribution is 5.93. The molecule has 0 saturated heterocycles. The standard InChI is InChI=1S/C19H22F3N3O2/c1-23-18(25-15-8-9-16(26-2)17(12-15)27-3)24-11-10-13-4-6-14(7-5-13)19(20,21)22/h4-9,12H,10-11H2,1-3H3,(H2,23,24,25). The summed E-state index contributed by atoms with van der Waals surface area (Å²) in [5, 5.41) is 6.25. The van der Waals surface area contributed by atoms with Gasteiger partial charge in [0.15, 0.2) is 17.5 Å². The molecule has 0 aliphatic rings. The van der Waals surface area contributed by atoms with Crippen molar-refractivity contribution in [1.29, 1.82) is 0 Å². The van der Waals surface area contributed by atoms with Crippen molar-refractivity contribution in [2.24, 2.45) is 4.99 Å². The lowest BCUT2D eigenvalue weighted by Crippen LogP contribution is -2.32. The predicted molar refractivity (Wildman–Crippen MR) is 99.7 cm³/mol. The van der Waals surface area contributed by atoms with Crippen molar-refractivity contribution in [3.8, 4) is 11.5 Å². The number of alkyl halides is 3. The van der Waals surface area contributed by atoms with Crippen LogP contribution in [0.1, 0.15) is 11.1 Å². The molecule has 146 valence electrons. The Morgan fingerprint density at radius 3 is 2.22 bits per heavy atom. The number of anilines is 1. The van der Waals surface area contributed by atoms with Gasteiger partial charge in [-0.25, -0.2) is 0 Å². The molecule has 0 spiro atoms. The second-order valence-corrected chi connectivity index (χ2v) is 5.64. The van der Waals surface area contributed by atoms with Crippen LogP contribution in [0.5, 0.6) is 11.5 Å². The number of hydrogen-bond acceptors (Lipinski definition) is 3. The number of hydrogen-bond donors (Lipinski definition) is 2. The van der Waals surface area contributed by atoms with E-state index < -0.39 is 11.7 Å². The van der Waals surface area contributed by atoms with Crippen molar-refractivity contribution in [2.75, 3.05) is 33.1 Å². The third-order valence-corrected chi connectivity index (χ3v) is 3.86. The van der Waals surface area contributed by atoms with Gasteiger partial charge in [0.1, 0.15) is 0 Å². The summed E-state index contributed by atoms with van der Waals surface area (Å²) < 4.78 is 48.2. The van der Waals surface area contributed by atoms with E-state index in [1.54, 1.807) is 33.4 Å². The van der Waals surface area contributed by atoms with E-state index >= 15 is 0 Å². The van der Waals surface area contributed by atoms with E-state index in [9.17, 15) is 13.2 Å². The van der Waals surface area contributed by atoms with Crippen LogP contribution in [0, 0.1) is 0 Å². The molecule has 0 unspecified atom stereocenters. The number of guanidine groups is 1. The Hall–Kier alpha value is -2.90. The van der Waals surface area contributed by atoms with Gasteiger partial charge in [0.05, 0.1) is 19.8 Å². The minimum Gasteiger partial charge on any atom is -0.493 e. The van der Waals surface area contributed by atoms with Crippen molar-refractivity contribution in [3.63, 3.8) is 0 Å². The fourth-order valence-electron chi connectivity index (χ4n) is 2.42. The van der Waals surface area contributed by atoms with Gasteiger partial charge in [0.25, 0.3) is 0 Å². The number of halogens is 3. The first-order chi connectivity index (χ1) is 12.9. The molecule has 27 heavy (non-hydrogen) atoms. The van der Waals surface area contributed by atoms with Gasteiger partial charge in [-0.2, -0.15) is 13.2 Å². The van der Waals surface area contributed by atoms with Crippen LogP contribution < -0.4 is 20.1 Å². The lowest BCUT2D eigenvalue weighted by Gasteiger charge is -2.14. The molecule has 0 aromatic heterocycles. The zero-order chi connectivity index (χ0) is 19.9. The molecular formula is C19H22F3N3O2. The van der Waals surface area contributed by atoms with Gasteiger partial charge in [0.2, 0.25) is 0 Å². The zero-order valence-corrected chi connectivity index (χ0v) is 15.4. The monoisotopic (exact) mass is 381 g/mol. The SMILES string of the molecule is CN=C(NCCc1ccc(C(F)(F)F)cc1)Nc1ccc(OC)c(OC)c1. The van der Waals surface area contributed by atoms with Crippen LogP contribution in [0.3, 0.4) is 0 Å². The Kier molecular flexibility index (Phi) is 6.92. The van der Waals surface area contributed by atoms with Crippen molar-refractivity contribution in [3.05, 3.63) is 53.6 Å². The maximum atomic E-state index is 12.6. The summed E-state index contributed by atoms with van der Waals surface area (Å²) >= 11 is 0. The van der Waals surface area contributed by atoms with Crippen LogP contribution in [0.25, 0.3) is 0 Å². The third-order valence-electron chi connectivity index (χ3n) is 3.86. The summed E-state index contributed by atoms with van der Waals surface area (Å²) in [5.41, 5.74) is 0.914. The first-order valence-corrected chi connectivity index (χ1v) is 8.23. The van der Waals surface area contributed by atoms with E-state index in [4.69, 9.17) is 9.47 Å². The number of ether oxygens (including phenoxy) is 2. The fourth-order valence-corrected chi connectivity index (χ4v) is 2.42. The topological polar surface area (TPSA) is 54.9 Å². The summed E-state index contributed by atoms with van der Waals surface area (Å²) in [6.07, 6.45) is -3.76. The van der Waals surface area contributed by atoms with E-state index in [1.807, 2.05) is 6.07 Å². The largest absolute Gasteiger partial charge is 0.493 e. The summed E-state index contributed by atoms with van der Waals surface area (Å²) in [4.78, 5) is 4.13. The molecule has 0 radical (unpaired) electrons. The van der Waals surface area contributed by atoms with Gasteiger partial charge in [-0.1, -0.05) is 12.1 Å². The maximum absolute atomic E-state index is 12.6. The molecule has 2 N–H and O–H groups in total. The van der Waals surface area contributed by atoms with Crippen molar-refractivity contribution in [1.82, 2.24) is 5.32 Å². The van der Waals surface area contributed by atoms with Crippen LogP contribution in [-0.2, 0) is 12.6 Å². The second-order valence-electron chi connectivity index (χ2n) is 5.64. The third kappa shape index (κ3) is 5.80. The van der Waals surface area contributed by atoms with Gasteiger partial charge in [-0.15, -0.1) is 0 Å². The molecule has 0 aliphatic heterocycles. The summed E-state index contributed by atoms with van der Waals surface area (Å²) in [6.45, 7) is 0.512. The second kappa shape index (κ2) is 9.16. The quantitative estimate of drug-likeness (QED) is 0.588. The highest BCUT2D eigenvalue weighted by atomic mass is 19.4. The highest BCUT2D eigenvalue weighted by Crippen LogP contribution is 2.30. The molecule has 2 aromatic rings. The van der Waals surface area contributed by atoms with E-state index in [1.165, 1.54) is 12.1 Å². The lowest BCUT2D eigenvalue weighted by molar-refractivity contribution is -0.137. The van der Waals surface area contributed by atoms with Gasteiger partial charge >= 0.3 is 6.18 Å². The summed E-state index contributed by atoms with van der Waals surface area (Å²) in [7, 11) is 4.75. The predicted octanol–water partition coefficient (Wildman–Crippen LogP) is 3.95. The average molecular weight is 381 g/mol. The minimum atomic E-state index is -4.32. The molecule has 0 amide bonds. The summed E-state index contributed by atoms with van der Waals surface area (Å²) in [6, 6.07) is 10.5. The fraction of sp³-hybridized carbons (Fsp3) is 0.316. The number of aliphatic imine (C=N–C) groups is 1. The Labute approximate surface area is 156 Å². The molecule has 0 fully saturated rings. The molecule has 0 saturated carbocycles. The number of nitrogens with zero attached hydrogens (tertiary/aromatic N) is 1. The lowest BCUT2D eigenvalue weighted by atomic mass is 10.1. The van der Waals surface area contributed by atoms with Gasteiger partial charge in [-0.05, 0) is 36.2 Å². The van der Waals surface area contributed by atoms with Crippen LogP contribution in [0.2, 0.25) is 0 Å². The van der Waals surface area contributed by atoms with E-state index in [-0.39, 0.29) is 0 Å². The molecule has 2 rings (SSSR count). The van der Waals surface area contributed by atoms with Gasteiger partial charge < -0.3 is 20.1 Å². The number of rotatable bonds is 6. The Morgan fingerprint density at radius 2 is 1.67 bits per heavy atom. The Balaban J connectivity index is 1.91. The van der Waals surface area contributed by atoms with Crippen LogP contribution in [-0.4, -0.2) is 33.8 Å². The van der Waals surface area contributed by atoms with Gasteiger partial charge in [-0.3, -0.25) is 4.99 Å². The van der Waals surface area contributed by atoms with Crippen molar-refractivity contribution >= 4 is 11.6 Å². The Bertz CT molecular complexity index is 775. The zero-order valence-electron chi connectivity index (χ0n) is 15.4. The number of methoxy groups -OCH3 is 2. The van der Waals surface area contributed by atoms with E-state index in [0.29, 0.717) is 30.4 Å². The normalized spacial score (nSPS) is 11.9. The molecular weight excluding hydrogens is 359 g/mol. The molecule has 5 nitrogen and oxygen atoms in total. The minimum absolute atomic E-state index is 0.512. The number of nitrogens with one attached hydrogen (secondary N) is 2. The van der Waals surface area contributed by atoms with Crippen LogP contribution in [0.15, 0.2) is 47.5 Å². The highest BCUT2D eigenvalue weighted by Gasteiger charge is 2.29. The number of benzene rings is 2. The molecule has 0 bridgehead atoms. The molecule has 8 heteroatoms. The molecule has 0 heterocycles. The molecule has 2 aromatic carbocycles. The summed E-state index contributed by atoms with van der Waals surface area (Å²) in [5.74, 6) is 1.74. The Morgan fingerprint density at radius 1 is 1.00 bits per heavy atom. The molecule has 0 atom stereocenters. The average Bonchev–Trinajstić information content (AvgIpc) is 2.66.